The number of carbonyl (C=O) groups is 1. The van der Waals surface area contributed by atoms with Crippen LogP contribution in [0.3, 0.4) is 0 Å². The molecule has 1 aliphatic heterocycles. The van der Waals surface area contributed by atoms with Gasteiger partial charge in [0, 0.05) is 13.1 Å². The van der Waals surface area contributed by atoms with Crippen molar-refractivity contribution in [2.24, 2.45) is 0 Å². The Kier molecular flexibility index (Phi) is 3.05. The van der Waals surface area contributed by atoms with Crippen LogP contribution in [0.5, 0.6) is 0 Å². The summed E-state index contributed by atoms with van der Waals surface area (Å²) in [4.78, 5) is 13.5. The second-order valence-electron chi connectivity index (χ2n) is 3.44. The number of rotatable bonds is 3. The first kappa shape index (κ1) is 9.48. The van der Waals surface area contributed by atoms with Gasteiger partial charge in [-0.2, -0.15) is 0 Å². The number of likely N-dealkylation sites (N-methyl/N-ethyl adjacent to an activating group) is 2. The fraction of sp³-hybridized carbons (Fsp3) is 0.875. The highest BCUT2D eigenvalue weighted by Gasteiger charge is 2.25. The van der Waals surface area contributed by atoms with Gasteiger partial charge in [-0.3, -0.25) is 4.79 Å². The lowest BCUT2D eigenvalue weighted by Gasteiger charge is -2.37. The average molecular weight is 171 g/mol. The molecule has 0 spiro atoms. The molecule has 0 aromatic carbocycles. The third kappa shape index (κ3) is 2.19. The van der Waals surface area contributed by atoms with E-state index in [4.69, 9.17) is 0 Å². The lowest BCUT2D eigenvalue weighted by Crippen LogP contribution is -2.59. The zero-order valence-corrected chi connectivity index (χ0v) is 7.92. The second kappa shape index (κ2) is 3.87. The van der Waals surface area contributed by atoms with Crippen molar-refractivity contribution >= 4 is 5.91 Å². The van der Waals surface area contributed by atoms with Gasteiger partial charge < -0.3 is 15.5 Å². The quantitative estimate of drug-likeness (QED) is 0.574. The maximum absolute atomic E-state index is 11.3. The molecule has 0 bridgehead atoms. The van der Waals surface area contributed by atoms with E-state index in [0.717, 1.165) is 13.1 Å². The lowest BCUT2D eigenvalue weighted by molar-refractivity contribution is -0.124. The first-order valence-electron chi connectivity index (χ1n) is 4.29. The molecule has 0 saturated carbocycles. The van der Waals surface area contributed by atoms with Crippen molar-refractivity contribution in [3.05, 3.63) is 0 Å². The van der Waals surface area contributed by atoms with Crippen molar-refractivity contribution in [2.75, 3.05) is 27.2 Å². The normalized spacial score (nSPS) is 21.6. The van der Waals surface area contributed by atoms with Crippen LogP contribution in [-0.2, 0) is 4.79 Å². The van der Waals surface area contributed by atoms with Crippen LogP contribution in [0.1, 0.15) is 6.92 Å². The van der Waals surface area contributed by atoms with Crippen LogP contribution in [0.25, 0.3) is 0 Å². The minimum atomic E-state index is -0.0871. The molecule has 70 valence electrons. The molecule has 0 aromatic rings. The van der Waals surface area contributed by atoms with Crippen LogP contribution >= 0.6 is 0 Å². The molecule has 4 heteroatoms. The molecule has 0 aliphatic carbocycles. The Morgan fingerprint density at radius 2 is 2.17 bits per heavy atom. The van der Waals surface area contributed by atoms with Gasteiger partial charge in [0.15, 0.2) is 0 Å². The van der Waals surface area contributed by atoms with E-state index in [0.29, 0.717) is 6.04 Å². The van der Waals surface area contributed by atoms with Gasteiger partial charge in [0.2, 0.25) is 5.91 Å². The van der Waals surface area contributed by atoms with Gasteiger partial charge >= 0.3 is 0 Å². The number of amides is 1. The summed E-state index contributed by atoms with van der Waals surface area (Å²) in [5, 5.41) is 5.86. The average Bonchev–Trinajstić information content (AvgIpc) is 2.00. The molecule has 4 nitrogen and oxygen atoms in total. The number of carbonyl (C=O) groups excluding carboxylic acids is 1. The monoisotopic (exact) mass is 171 g/mol. The van der Waals surface area contributed by atoms with E-state index in [-0.39, 0.29) is 11.9 Å². The Balaban J connectivity index is 2.18. The molecular weight excluding hydrogens is 154 g/mol. The smallest absolute Gasteiger partial charge is 0.237 e. The number of hydrogen-bond acceptors (Lipinski definition) is 3. The third-order valence-electron chi connectivity index (χ3n) is 2.24. The molecule has 1 aliphatic rings. The Morgan fingerprint density at radius 1 is 1.58 bits per heavy atom. The first-order valence-corrected chi connectivity index (χ1v) is 4.29. The summed E-state index contributed by atoms with van der Waals surface area (Å²) in [5.74, 6) is 0.0931. The molecule has 1 amide bonds. The summed E-state index contributed by atoms with van der Waals surface area (Å²) in [6.45, 7) is 3.81. The number of hydrogen-bond donors (Lipinski definition) is 2. The Labute approximate surface area is 73.3 Å². The zero-order valence-electron chi connectivity index (χ0n) is 7.92. The van der Waals surface area contributed by atoms with Gasteiger partial charge in [-0.15, -0.1) is 0 Å². The summed E-state index contributed by atoms with van der Waals surface area (Å²) in [7, 11) is 3.83. The van der Waals surface area contributed by atoms with Crippen molar-refractivity contribution in [2.45, 2.75) is 19.0 Å². The van der Waals surface area contributed by atoms with Crippen LogP contribution in [0, 0.1) is 0 Å². The second-order valence-corrected chi connectivity index (χ2v) is 3.44. The van der Waals surface area contributed by atoms with Crippen molar-refractivity contribution in [1.29, 1.82) is 0 Å². The van der Waals surface area contributed by atoms with Gasteiger partial charge in [0.25, 0.3) is 0 Å². The van der Waals surface area contributed by atoms with Crippen molar-refractivity contribution < 1.29 is 4.79 Å². The lowest BCUT2D eigenvalue weighted by atomic mass is 10.1. The molecule has 1 saturated heterocycles. The molecule has 0 aromatic heterocycles. The number of nitrogens with zero attached hydrogens (tertiary/aromatic N) is 1. The van der Waals surface area contributed by atoms with Crippen LogP contribution in [0.15, 0.2) is 0 Å². The summed E-state index contributed by atoms with van der Waals surface area (Å²) < 4.78 is 0. The van der Waals surface area contributed by atoms with E-state index in [1.54, 1.807) is 7.05 Å². The fourth-order valence-electron chi connectivity index (χ4n) is 1.25. The standard InChI is InChI=1S/C8H17N3O/c1-6(9-2)8(12)10-7-4-11(3)5-7/h6-7,9H,4-5H2,1-3H3,(H,10,12). The van der Waals surface area contributed by atoms with E-state index in [2.05, 4.69) is 15.5 Å². The molecule has 1 unspecified atom stereocenters. The van der Waals surface area contributed by atoms with Crippen molar-refractivity contribution in [3.63, 3.8) is 0 Å². The minimum absolute atomic E-state index is 0.0871. The Bertz CT molecular complexity index is 166. The summed E-state index contributed by atoms with van der Waals surface area (Å²) >= 11 is 0. The maximum Gasteiger partial charge on any atom is 0.237 e. The number of likely N-dealkylation sites (tertiary alicyclic amines) is 1. The molecule has 1 fully saturated rings. The summed E-state index contributed by atoms with van der Waals surface area (Å²) in [5.41, 5.74) is 0. The fourth-order valence-corrected chi connectivity index (χ4v) is 1.25. The van der Waals surface area contributed by atoms with Gasteiger partial charge in [-0.25, -0.2) is 0 Å². The molecule has 1 heterocycles. The highest BCUT2D eigenvalue weighted by molar-refractivity contribution is 5.81. The van der Waals surface area contributed by atoms with Crippen LogP contribution in [0.2, 0.25) is 0 Å². The van der Waals surface area contributed by atoms with E-state index < -0.39 is 0 Å². The topological polar surface area (TPSA) is 44.4 Å². The molecule has 12 heavy (non-hydrogen) atoms. The zero-order chi connectivity index (χ0) is 9.14. The summed E-state index contributed by atoms with van der Waals surface area (Å²) in [6, 6.07) is 0.272. The Hall–Kier alpha value is -0.610. The predicted molar refractivity (Wildman–Crippen MR) is 47.9 cm³/mol. The molecule has 0 radical (unpaired) electrons. The summed E-state index contributed by atoms with van der Waals surface area (Å²) in [6.07, 6.45) is 0. The van der Waals surface area contributed by atoms with Gasteiger partial charge in [0.05, 0.1) is 12.1 Å². The minimum Gasteiger partial charge on any atom is -0.349 e. The van der Waals surface area contributed by atoms with Crippen molar-refractivity contribution in [3.8, 4) is 0 Å². The SMILES string of the molecule is CNC(C)C(=O)NC1CN(C)C1. The molecule has 1 atom stereocenters. The number of nitrogens with one attached hydrogen (secondary N) is 2. The van der Waals surface area contributed by atoms with Crippen LogP contribution in [0.4, 0.5) is 0 Å². The van der Waals surface area contributed by atoms with Gasteiger partial charge in [-0.05, 0) is 21.0 Å². The highest BCUT2D eigenvalue weighted by atomic mass is 16.2. The molecule has 2 N–H and O–H groups in total. The van der Waals surface area contributed by atoms with Gasteiger partial charge in [0.1, 0.15) is 0 Å². The Morgan fingerprint density at radius 3 is 2.58 bits per heavy atom. The van der Waals surface area contributed by atoms with E-state index >= 15 is 0 Å². The highest BCUT2D eigenvalue weighted by Crippen LogP contribution is 2.03. The van der Waals surface area contributed by atoms with Crippen molar-refractivity contribution in [1.82, 2.24) is 15.5 Å². The first-order chi connectivity index (χ1) is 5.63. The third-order valence-corrected chi connectivity index (χ3v) is 2.24. The molecular formula is C8H17N3O. The molecule has 1 rings (SSSR count). The van der Waals surface area contributed by atoms with Crippen LogP contribution in [-0.4, -0.2) is 50.1 Å². The largest absolute Gasteiger partial charge is 0.349 e. The van der Waals surface area contributed by atoms with E-state index in [9.17, 15) is 4.79 Å². The van der Waals surface area contributed by atoms with Crippen LogP contribution < -0.4 is 10.6 Å². The predicted octanol–water partition coefficient (Wildman–Crippen LogP) is -0.975. The van der Waals surface area contributed by atoms with Gasteiger partial charge in [-0.1, -0.05) is 0 Å². The maximum atomic E-state index is 11.3. The van der Waals surface area contributed by atoms with E-state index in [1.807, 2.05) is 14.0 Å². The van der Waals surface area contributed by atoms with E-state index in [1.165, 1.54) is 0 Å².